The van der Waals surface area contributed by atoms with Crippen LogP contribution in [0.25, 0.3) is 11.1 Å². The molecular weight excluding hydrogens is 449 g/mol. The van der Waals surface area contributed by atoms with Gasteiger partial charge in [-0.1, -0.05) is 42.0 Å². The first kappa shape index (κ1) is 21.3. The number of rotatable bonds is 4. The number of aromatic nitrogens is 1. The number of hydrogen-bond acceptors (Lipinski definition) is 2. The molecule has 0 bridgehead atoms. The second-order valence-corrected chi connectivity index (χ2v) is 8.95. The van der Waals surface area contributed by atoms with Gasteiger partial charge in [0.05, 0.1) is 21.0 Å². The third-order valence-electron chi connectivity index (χ3n) is 4.77. The second-order valence-electron chi connectivity index (χ2n) is 6.86. The average Bonchev–Trinajstić information content (AvgIpc) is 2.99. The van der Waals surface area contributed by atoms with E-state index in [9.17, 15) is 21.6 Å². The molecule has 1 aliphatic carbocycles. The van der Waals surface area contributed by atoms with Crippen LogP contribution in [0.1, 0.15) is 17.5 Å². The molecule has 0 unspecified atom stereocenters. The zero-order valence-corrected chi connectivity index (χ0v) is 17.5. The lowest BCUT2D eigenvalue weighted by Crippen LogP contribution is -2.15. The Morgan fingerprint density at radius 1 is 1.03 bits per heavy atom. The van der Waals surface area contributed by atoms with Crippen molar-refractivity contribution in [3.63, 3.8) is 0 Å². The Bertz CT molecular complexity index is 1340. The van der Waals surface area contributed by atoms with E-state index in [2.05, 4.69) is 4.72 Å². The molecule has 0 atom stereocenters. The number of alkyl halides is 3. The Kier molecular flexibility index (Phi) is 5.45. The highest BCUT2D eigenvalue weighted by atomic mass is 35.5. The van der Waals surface area contributed by atoms with Gasteiger partial charge in [-0.05, 0) is 54.5 Å². The summed E-state index contributed by atoms with van der Waals surface area (Å²) < 4.78 is 67.9. The molecular formula is C22H16ClF3N2O2S. The van der Waals surface area contributed by atoms with E-state index in [-0.39, 0.29) is 10.7 Å². The number of nitrogens with zero attached hydrogens (tertiary/aromatic N) is 1. The number of anilines is 1. The van der Waals surface area contributed by atoms with E-state index in [1.54, 1.807) is 16.7 Å². The summed E-state index contributed by atoms with van der Waals surface area (Å²) in [7, 11) is -4.12. The SMILES string of the molecule is O=S(=O)(Nc1ccc(Cl)c2cc(C3=CCC=CC=C3)cn12)c1ccc(C(F)(F)F)cc1. The van der Waals surface area contributed by atoms with Crippen molar-refractivity contribution < 1.29 is 21.6 Å². The number of allylic oxidation sites excluding steroid dienone is 6. The Morgan fingerprint density at radius 3 is 2.48 bits per heavy atom. The minimum Gasteiger partial charge on any atom is -0.301 e. The zero-order valence-electron chi connectivity index (χ0n) is 15.9. The summed E-state index contributed by atoms with van der Waals surface area (Å²) in [5.74, 6) is 0.210. The Balaban J connectivity index is 1.71. The number of nitrogens with one attached hydrogen (secondary N) is 1. The highest BCUT2D eigenvalue weighted by Crippen LogP contribution is 2.31. The van der Waals surface area contributed by atoms with Gasteiger partial charge in [-0.3, -0.25) is 4.72 Å². The van der Waals surface area contributed by atoms with E-state index in [4.69, 9.17) is 11.6 Å². The Hall–Kier alpha value is -2.97. The van der Waals surface area contributed by atoms with Crippen molar-refractivity contribution in [2.45, 2.75) is 17.5 Å². The number of pyridine rings is 1. The molecule has 2 heterocycles. The van der Waals surface area contributed by atoms with E-state index < -0.39 is 21.8 Å². The standard InChI is InChI=1S/C22H16ClF3N2O2S/c23-19-11-12-21(27-31(29,30)18-9-7-17(8-10-18)22(24,25)26)28-14-16(13-20(19)28)15-5-3-1-2-4-6-15/h1-3,5-14,27H,4H2. The van der Waals surface area contributed by atoms with E-state index in [1.165, 1.54) is 6.07 Å². The second kappa shape index (κ2) is 7.94. The first-order valence-electron chi connectivity index (χ1n) is 9.19. The van der Waals surface area contributed by atoms with Crippen molar-refractivity contribution in [3.05, 3.63) is 95.2 Å². The van der Waals surface area contributed by atoms with Crippen LogP contribution in [0, 0.1) is 0 Å². The molecule has 0 amide bonds. The highest BCUT2D eigenvalue weighted by Gasteiger charge is 2.30. The van der Waals surface area contributed by atoms with Gasteiger partial charge < -0.3 is 4.40 Å². The lowest BCUT2D eigenvalue weighted by molar-refractivity contribution is -0.137. The lowest BCUT2D eigenvalue weighted by Gasteiger charge is -2.12. The molecule has 0 saturated heterocycles. The molecule has 0 saturated carbocycles. The van der Waals surface area contributed by atoms with Gasteiger partial charge in [0.15, 0.2) is 0 Å². The molecule has 1 N–H and O–H groups in total. The van der Waals surface area contributed by atoms with E-state index in [0.717, 1.165) is 41.8 Å². The van der Waals surface area contributed by atoms with Crippen LogP contribution in [0.2, 0.25) is 5.02 Å². The van der Waals surface area contributed by atoms with Gasteiger partial charge in [-0.15, -0.1) is 0 Å². The molecule has 3 aromatic rings. The molecule has 0 spiro atoms. The maximum Gasteiger partial charge on any atom is 0.416 e. The molecule has 31 heavy (non-hydrogen) atoms. The first-order valence-corrected chi connectivity index (χ1v) is 11.1. The quantitative estimate of drug-likeness (QED) is 0.491. The van der Waals surface area contributed by atoms with Crippen molar-refractivity contribution in [3.8, 4) is 0 Å². The van der Waals surface area contributed by atoms with Crippen molar-refractivity contribution >= 4 is 38.5 Å². The predicted octanol–water partition coefficient (Wildman–Crippen LogP) is 6.31. The molecule has 4 nitrogen and oxygen atoms in total. The fourth-order valence-corrected chi connectivity index (χ4v) is 4.48. The summed E-state index contributed by atoms with van der Waals surface area (Å²) in [4.78, 5) is -0.281. The minimum atomic E-state index is -4.55. The fourth-order valence-electron chi connectivity index (χ4n) is 3.22. The van der Waals surface area contributed by atoms with E-state index >= 15 is 0 Å². The van der Waals surface area contributed by atoms with Gasteiger partial charge in [0.1, 0.15) is 5.82 Å². The molecule has 2 aromatic heterocycles. The lowest BCUT2D eigenvalue weighted by atomic mass is 10.1. The van der Waals surface area contributed by atoms with Crippen LogP contribution >= 0.6 is 11.6 Å². The summed E-state index contributed by atoms with van der Waals surface area (Å²) >= 11 is 6.31. The van der Waals surface area contributed by atoms with Crippen molar-refractivity contribution in [1.82, 2.24) is 4.40 Å². The molecule has 0 aliphatic heterocycles. The van der Waals surface area contributed by atoms with Crippen LogP contribution in [-0.4, -0.2) is 12.8 Å². The molecule has 1 aromatic carbocycles. The maximum absolute atomic E-state index is 12.8. The number of hydrogen-bond donors (Lipinski definition) is 1. The molecule has 1 aliphatic rings. The van der Waals surface area contributed by atoms with Crippen molar-refractivity contribution in [2.24, 2.45) is 0 Å². The zero-order chi connectivity index (χ0) is 22.2. The number of sulfonamides is 1. The van der Waals surface area contributed by atoms with Gasteiger partial charge >= 0.3 is 6.18 Å². The van der Waals surface area contributed by atoms with Crippen LogP contribution in [-0.2, 0) is 16.2 Å². The summed E-state index contributed by atoms with van der Waals surface area (Å²) in [5.41, 5.74) is 1.48. The third kappa shape index (κ3) is 4.40. The average molecular weight is 465 g/mol. The predicted molar refractivity (Wildman–Crippen MR) is 116 cm³/mol. The summed E-state index contributed by atoms with van der Waals surface area (Å²) in [6, 6.07) is 8.22. The van der Waals surface area contributed by atoms with Gasteiger partial charge in [-0.2, -0.15) is 13.2 Å². The summed E-state index contributed by atoms with van der Waals surface area (Å²) in [6.07, 6.45) is 7.81. The molecule has 0 fully saturated rings. The number of fused-ring (bicyclic) bond motifs is 1. The first-order chi connectivity index (χ1) is 14.6. The highest BCUT2D eigenvalue weighted by molar-refractivity contribution is 7.92. The van der Waals surface area contributed by atoms with Crippen LogP contribution in [0.4, 0.5) is 19.0 Å². The smallest absolute Gasteiger partial charge is 0.301 e. The van der Waals surface area contributed by atoms with Gasteiger partial charge in [0, 0.05) is 11.8 Å². The summed E-state index contributed by atoms with van der Waals surface area (Å²) in [5, 5.41) is 0.431. The van der Waals surface area contributed by atoms with Gasteiger partial charge in [0.2, 0.25) is 0 Å². The van der Waals surface area contributed by atoms with Crippen molar-refractivity contribution in [2.75, 3.05) is 4.72 Å². The molecule has 9 heteroatoms. The van der Waals surface area contributed by atoms with Crippen LogP contribution in [0.15, 0.2) is 83.9 Å². The number of benzene rings is 1. The van der Waals surface area contributed by atoms with Crippen LogP contribution < -0.4 is 4.72 Å². The van der Waals surface area contributed by atoms with Gasteiger partial charge in [-0.25, -0.2) is 8.42 Å². The maximum atomic E-state index is 12.8. The molecule has 160 valence electrons. The molecule has 4 rings (SSSR count). The Labute approximate surface area is 182 Å². The Morgan fingerprint density at radius 2 is 1.77 bits per heavy atom. The topological polar surface area (TPSA) is 50.6 Å². The van der Waals surface area contributed by atoms with E-state index in [1.807, 2.05) is 36.4 Å². The van der Waals surface area contributed by atoms with E-state index in [0.29, 0.717) is 10.5 Å². The minimum absolute atomic E-state index is 0.210. The third-order valence-corrected chi connectivity index (χ3v) is 6.46. The normalized spacial score (nSPS) is 14.5. The fraction of sp³-hybridized carbons (Fsp3) is 0.0909. The van der Waals surface area contributed by atoms with Crippen LogP contribution in [0.5, 0.6) is 0 Å². The number of halogens is 4. The van der Waals surface area contributed by atoms with Crippen molar-refractivity contribution in [1.29, 1.82) is 0 Å². The summed E-state index contributed by atoms with van der Waals surface area (Å²) in [6.45, 7) is 0. The van der Waals surface area contributed by atoms with Gasteiger partial charge in [0.25, 0.3) is 10.0 Å². The monoisotopic (exact) mass is 464 g/mol. The van der Waals surface area contributed by atoms with Crippen LogP contribution in [0.3, 0.4) is 0 Å². The largest absolute Gasteiger partial charge is 0.416 e. The molecule has 0 radical (unpaired) electrons.